The number of amides is 1. The molecule has 2 aromatic rings. The number of fused-ring (bicyclic) bond motifs is 1. The van der Waals surface area contributed by atoms with Crippen molar-refractivity contribution >= 4 is 5.91 Å². The first-order valence-corrected chi connectivity index (χ1v) is 8.81. The average Bonchev–Trinajstić information content (AvgIpc) is 3.28. The van der Waals surface area contributed by atoms with Crippen LogP contribution in [-0.2, 0) is 22.5 Å². The van der Waals surface area contributed by atoms with Crippen molar-refractivity contribution in [3.8, 4) is 17.0 Å². The summed E-state index contributed by atoms with van der Waals surface area (Å²) in [5.41, 5.74) is 2.21. The standard InChI is InChI=1S/C19H23N3O3/c1-24-16-4-2-14(3-5-16)17-12-20-18-6-8-21(9-10-22(17)18)19(23)15-7-11-25-13-15/h2-5,12,15H,6-11,13H2,1H3/t15-/m0/s1. The molecule has 0 radical (unpaired) electrons. The number of carbonyl (C=O) groups excluding carboxylic acids is 1. The third-order valence-corrected chi connectivity index (χ3v) is 5.11. The third-order valence-electron chi connectivity index (χ3n) is 5.11. The smallest absolute Gasteiger partial charge is 0.228 e. The molecule has 0 aliphatic carbocycles. The quantitative estimate of drug-likeness (QED) is 0.857. The minimum atomic E-state index is 0.0338. The van der Waals surface area contributed by atoms with Crippen molar-refractivity contribution in [1.82, 2.24) is 14.5 Å². The number of nitrogens with zero attached hydrogens (tertiary/aromatic N) is 3. The molecule has 2 aliphatic rings. The Morgan fingerprint density at radius 1 is 1.24 bits per heavy atom. The summed E-state index contributed by atoms with van der Waals surface area (Å²) in [6, 6.07) is 8.02. The number of methoxy groups -OCH3 is 1. The van der Waals surface area contributed by atoms with E-state index in [9.17, 15) is 4.79 Å². The van der Waals surface area contributed by atoms with Gasteiger partial charge in [0.15, 0.2) is 0 Å². The highest BCUT2D eigenvalue weighted by molar-refractivity contribution is 5.79. The predicted molar refractivity (Wildman–Crippen MR) is 93.4 cm³/mol. The average molecular weight is 341 g/mol. The highest BCUT2D eigenvalue weighted by Gasteiger charge is 2.29. The molecule has 1 amide bonds. The molecular weight excluding hydrogens is 318 g/mol. The van der Waals surface area contributed by atoms with Crippen molar-refractivity contribution in [2.45, 2.75) is 19.4 Å². The van der Waals surface area contributed by atoms with Gasteiger partial charge in [0.1, 0.15) is 11.6 Å². The van der Waals surface area contributed by atoms with Crippen LogP contribution in [0.4, 0.5) is 0 Å². The minimum Gasteiger partial charge on any atom is -0.497 e. The molecule has 2 aliphatic heterocycles. The highest BCUT2D eigenvalue weighted by atomic mass is 16.5. The fourth-order valence-electron chi connectivity index (χ4n) is 3.63. The first kappa shape index (κ1) is 16.1. The van der Waals surface area contributed by atoms with Gasteiger partial charge in [-0.05, 0) is 30.7 Å². The summed E-state index contributed by atoms with van der Waals surface area (Å²) in [7, 11) is 1.67. The Balaban J connectivity index is 1.52. The first-order chi connectivity index (χ1) is 12.3. The zero-order valence-corrected chi connectivity index (χ0v) is 14.5. The molecule has 3 heterocycles. The summed E-state index contributed by atoms with van der Waals surface area (Å²) >= 11 is 0. The summed E-state index contributed by atoms with van der Waals surface area (Å²) in [5, 5.41) is 0. The van der Waals surface area contributed by atoms with Crippen LogP contribution in [0.25, 0.3) is 11.3 Å². The zero-order valence-electron chi connectivity index (χ0n) is 14.5. The third kappa shape index (κ3) is 3.14. The molecule has 6 nitrogen and oxygen atoms in total. The molecule has 1 aromatic carbocycles. The maximum absolute atomic E-state index is 12.7. The molecular formula is C19H23N3O3. The lowest BCUT2D eigenvalue weighted by atomic mass is 10.1. The number of hydrogen-bond acceptors (Lipinski definition) is 4. The van der Waals surface area contributed by atoms with Gasteiger partial charge >= 0.3 is 0 Å². The van der Waals surface area contributed by atoms with Crippen LogP contribution >= 0.6 is 0 Å². The van der Waals surface area contributed by atoms with Crippen molar-refractivity contribution in [3.05, 3.63) is 36.3 Å². The fourth-order valence-corrected chi connectivity index (χ4v) is 3.63. The lowest BCUT2D eigenvalue weighted by molar-refractivity contribution is -0.135. The summed E-state index contributed by atoms with van der Waals surface area (Å²) in [4.78, 5) is 19.2. The Morgan fingerprint density at radius 3 is 2.80 bits per heavy atom. The summed E-state index contributed by atoms with van der Waals surface area (Å²) in [6.07, 6.45) is 3.56. The fraction of sp³-hybridized carbons (Fsp3) is 0.474. The predicted octanol–water partition coefficient (Wildman–Crippen LogP) is 1.98. The van der Waals surface area contributed by atoms with Gasteiger partial charge in [0, 0.05) is 38.2 Å². The molecule has 0 bridgehead atoms. The Morgan fingerprint density at radius 2 is 2.08 bits per heavy atom. The van der Waals surface area contributed by atoms with E-state index in [1.165, 1.54) is 0 Å². The van der Waals surface area contributed by atoms with Gasteiger partial charge in [-0.15, -0.1) is 0 Å². The largest absolute Gasteiger partial charge is 0.497 e. The maximum Gasteiger partial charge on any atom is 0.228 e. The molecule has 0 unspecified atom stereocenters. The lowest BCUT2D eigenvalue weighted by Crippen LogP contribution is -2.38. The molecule has 6 heteroatoms. The van der Waals surface area contributed by atoms with Crippen molar-refractivity contribution in [3.63, 3.8) is 0 Å². The monoisotopic (exact) mass is 341 g/mol. The van der Waals surface area contributed by atoms with E-state index in [0.717, 1.165) is 55.3 Å². The molecule has 132 valence electrons. The summed E-state index contributed by atoms with van der Waals surface area (Å²) < 4.78 is 12.8. The van der Waals surface area contributed by atoms with Crippen LogP contribution < -0.4 is 4.74 Å². The number of carbonyl (C=O) groups is 1. The molecule has 1 fully saturated rings. The van der Waals surface area contributed by atoms with Crippen LogP contribution in [0.3, 0.4) is 0 Å². The van der Waals surface area contributed by atoms with Crippen LogP contribution in [0.5, 0.6) is 5.75 Å². The summed E-state index contributed by atoms with van der Waals surface area (Å²) in [6.45, 7) is 3.50. The Labute approximate surface area is 147 Å². The second-order valence-electron chi connectivity index (χ2n) is 6.58. The van der Waals surface area contributed by atoms with Gasteiger partial charge in [-0.25, -0.2) is 4.98 Å². The molecule has 0 N–H and O–H groups in total. The Bertz CT molecular complexity index is 748. The first-order valence-electron chi connectivity index (χ1n) is 8.81. The van der Waals surface area contributed by atoms with Gasteiger partial charge < -0.3 is 18.9 Å². The van der Waals surface area contributed by atoms with Gasteiger partial charge in [-0.2, -0.15) is 0 Å². The van der Waals surface area contributed by atoms with Crippen molar-refractivity contribution in [2.24, 2.45) is 5.92 Å². The number of imidazole rings is 1. The van der Waals surface area contributed by atoms with E-state index < -0.39 is 0 Å². The summed E-state index contributed by atoms with van der Waals surface area (Å²) in [5.74, 6) is 2.15. The Hall–Kier alpha value is -2.34. The van der Waals surface area contributed by atoms with Crippen LogP contribution in [0.1, 0.15) is 12.2 Å². The van der Waals surface area contributed by atoms with Gasteiger partial charge in [0.2, 0.25) is 5.91 Å². The maximum atomic E-state index is 12.7. The normalized spacial score (nSPS) is 20.2. The van der Waals surface area contributed by atoms with Gasteiger partial charge in [0.05, 0.1) is 31.5 Å². The molecule has 0 spiro atoms. The van der Waals surface area contributed by atoms with E-state index in [1.54, 1.807) is 7.11 Å². The number of hydrogen-bond donors (Lipinski definition) is 0. The number of ether oxygens (including phenoxy) is 2. The van der Waals surface area contributed by atoms with Gasteiger partial charge in [-0.3, -0.25) is 4.79 Å². The molecule has 1 atom stereocenters. The molecule has 1 aromatic heterocycles. The molecule has 0 saturated carbocycles. The van der Waals surface area contributed by atoms with Crippen LogP contribution in [0.2, 0.25) is 0 Å². The van der Waals surface area contributed by atoms with E-state index in [2.05, 4.69) is 9.55 Å². The van der Waals surface area contributed by atoms with Crippen LogP contribution in [0.15, 0.2) is 30.5 Å². The van der Waals surface area contributed by atoms with Crippen molar-refractivity contribution in [2.75, 3.05) is 33.4 Å². The lowest BCUT2D eigenvalue weighted by Gasteiger charge is -2.23. The topological polar surface area (TPSA) is 56.6 Å². The SMILES string of the molecule is COc1ccc(-c2cnc3n2CCN(C(=O)[C@H]2CCOC2)CC3)cc1. The molecule has 25 heavy (non-hydrogen) atoms. The van der Waals surface area contributed by atoms with Crippen LogP contribution in [-0.4, -0.2) is 53.8 Å². The second-order valence-corrected chi connectivity index (χ2v) is 6.58. The Kier molecular flexibility index (Phi) is 4.44. The minimum absolute atomic E-state index is 0.0338. The number of aromatic nitrogens is 2. The molecule has 4 rings (SSSR count). The second kappa shape index (κ2) is 6.88. The van der Waals surface area contributed by atoms with Crippen molar-refractivity contribution < 1.29 is 14.3 Å². The van der Waals surface area contributed by atoms with Gasteiger partial charge in [-0.1, -0.05) is 0 Å². The van der Waals surface area contributed by atoms with E-state index >= 15 is 0 Å². The number of benzene rings is 1. The molecule has 1 saturated heterocycles. The van der Waals surface area contributed by atoms with E-state index in [-0.39, 0.29) is 11.8 Å². The van der Waals surface area contributed by atoms with Crippen molar-refractivity contribution in [1.29, 1.82) is 0 Å². The number of rotatable bonds is 3. The highest BCUT2D eigenvalue weighted by Crippen LogP contribution is 2.25. The van der Waals surface area contributed by atoms with Gasteiger partial charge in [0.25, 0.3) is 0 Å². The van der Waals surface area contributed by atoms with E-state index in [1.807, 2.05) is 35.4 Å². The zero-order chi connectivity index (χ0) is 17.2. The van der Waals surface area contributed by atoms with Crippen LogP contribution in [0, 0.1) is 5.92 Å². The van der Waals surface area contributed by atoms with E-state index in [0.29, 0.717) is 13.2 Å². The van der Waals surface area contributed by atoms with E-state index in [4.69, 9.17) is 9.47 Å².